The van der Waals surface area contributed by atoms with Gasteiger partial charge in [-0.15, -0.1) is 0 Å². The van der Waals surface area contributed by atoms with Crippen molar-refractivity contribution in [2.45, 2.75) is 65.8 Å². The zero-order valence-corrected chi connectivity index (χ0v) is 21.9. The van der Waals surface area contributed by atoms with Gasteiger partial charge in [0.1, 0.15) is 5.56 Å². The lowest BCUT2D eigenvalue weighted by Crippen LogP contribution is -2.50. The Labute approximate surface area is 209 Å². The van der Waals surface area contributed by atoms with Crippen molar-refractivity contribution < 1.29 is 9.53 Å². The van der Waals surface area contributed by atoms with Crippen molar-refractivity contribution in [1.29, 1.82) is 0 Å². The van der Waals surface area contributed by atoms with Gasteiger partial charge in [0.2, 0.25) is 0 Å². The molecule has 1 aromatic heterocycles. The second-order valence-corrected chi connectivity index (χ2v) is 10.4. The van der Waals surface area contributed by atoms with E-state index in [1.54, 1.807) is 13.2 Å². The molecule has 0 bridgehead atoms. The number of carbonyl (C=O) groups is 1. The molecule has 0 atom stereocenters. The molecule has 1 aliphatic heterocycles. The van der Waals surface area contributed by atoms with Crippen LogP contribution in [-0.4, -0.2) is 55.3 Å². The Balaban J connectivity index is 1.59. The minimum atomic E-state index is -0.125. The fourth-order valence-corrected chi connectivity index (χ4v) is 5.81. The summed E-state index contributed by atoms with van der Waals surface area (Å²) in [5, 5.41) is 0. The molecule has 1 aliphatic carbocycles. The molecular formula is C29H41N3O3. The van der Waals surface area contributed by atoms with Crippen LogP contribution in [0, 0.1) is 26.7 Å². The van der Waals surface area contributed by atoms with Crippen LogP contribution >= 0.6 is 0 Å². The molecule has 4 rings (SSSR count). The van der Waals surface area contributed by atoms with Gasteiger partial charge in [-0.2, -0.15) is 0 Å². The first-order chi connectivity index (χ1) is 16.9. The van der Waals surface area contributed by atoms with Crippen molar-refractivity contribution in [3.8, 4) is 0 Å². The second kappa shape index (κ2) is 11.4. The van der Waals surface area contributed by atoms with Crippen LogP contribution in [0.25, 0.3) is 0 Å². The molecule has 0 radical (unpaired) electrons. The van der Waals surface area contributed by atoms with Gasteiger partial charge in [-0.3, -0.25) is 9.59 Å². The Kier molecular flexibility index (Phi) is 8.32. The lowest BCUT2D eigenvalue weighted by molar-refractivity contribution is 0.0742. The highest BCUT2D eigenvalue weighted by Gasteiger charge is 2.29. The Bertz CT molecular complexity index is 1090. The van der Waals surface area contributed by atoms with Crippen LogP contribution < -0.4 is 10.3 Å². The summed E-state index contributed by atoms with van der Waals surface area (Å²) in [6.07, 6.45) is 6.53. The van der Waals surface area contributed by atoms with Crippen LogP contribution in [-0.2, 0) is 17.7 Å². The molecule has 0 N–H and O–H groups in total. The first kappa shape index (κ1) is 25.5. The summed E-state index contributed by atoms with van der Waals surface area (Å²) in [5.41, 5.74) is 5.91. The summed E-state index contributed by atoms with van der Waals surface area (Å²) < 4.78 is 7.50. The predicted molar refractivity (Wildman–Crippen MR) is 142 cm³/mol. The molecule has 6 heteroatoms. The molecule has 190 valence electrons. The van der Waals surface area contributed by atoms with E-state index >= 15 is 0 Å². The molecular weight excluding hydrogens is 438 g/mol. The van der Waals surface area contributed by atoms with E-state index in [0.717, 1.165) is 43.9 Å². The van der Waals surface area contributed by atoms with E-state index in [1.165, 1.54) is 42.5 Å². The van der Waals surface area contributed by atoms with Crippen LogP contribution in [0.3, 0.4) is 0 Å². The summed E-state index contributed by atoms with van der Waals surface area (Å²) in [6, 6.07) is 8.19. The highest BCUT2D eigenvalue weighted by Crippen LogP contribution is 2.30. The Hall–Kier alpha value is -2.60. The maximum Gasteiger partial charge on any atom is 0.259 e. The van der Waals surface area contributed by atoms with Crippen molar-refractivity contribution in [3.05, 3.63) is 62.6 Å². The maximum atomic E-state index is 13.8. The third kappa shape index (κ3) is 5.80. The van der Waals surface area contributed by atoms with Crippen molar-refractivity contribution in [1.82, 2.24) is 9.47 Å². The maximum absolute atomic E-state index is 13.8. The van der Waals surface area contributed by atoms with E-state index < -0.39 is 0 Å². The van der Waals surface area contributed by atoms with E-state index in [4.69, 9.17) is 4.74 Å². The van der Waals surface area contributed by atoms with Crippen molar-refractivity contribution in [2.24, 2.45) is 5.92 Å². The monoisotopic (exact) mass is 479 g/mol. The minimum absolute atomic E-state index is 0.0934. The molecule has 35 heavy (non-hydrogen) atoms. The molecule has 2 aromatic rings. The van der Waals surface area contributed by atoms with Gasteiger partial charge in [0.05, 0.1) is 0 Å². The molecule has 1 saturated heterocycles. The number of hydrogen-bond acceptors (Lipinski definition) is 4. The molecule has 2 fully saturated rings. The lowest BCUT2D eigenvalue weighted by Gasteiger charge is -2.37. The average molecular weight is 480 g/mol. The van der Waals surface area contributed by atoms with Crippen LogP contribution in [0.2, 0.25) is 0 Å². The number of anilines is 1. The largest absolute Gasteiger partial charge is 0.385 e. The molecule has 1 amide bonds. The van der Waals surface area contributed by atoms with Gasteiger partial charge < -0.3 is 19.1 Å². The molecule has 0 spiro atoms. The van der Waals surface area contributed by atoms with Gasteiger partial charge in [0.25, 0.3) is 5.91 Å². The molecule has 1 saturated carbocycles. The van der Waals surface area contributed by atoms with Crippen molar-refractivity contribution in [2.75, 3.05) is 44.8 Å². The smallest absolute Gasteiger partial charge is 0.259 e. The quantitative estimate of drug-likeness (QED) is 0.523. The number of ether oxygens (including phenoxy) is 1. The highest BCUT2D eigenvalue weighted by molar-refractivity contribution is 5.95. The number of nitrogens with zero attached hydrogens (tertiary/aromatic N) is 3. The summed E-state index contributed by atoms with van der Waals surface area (Å²) in [4.78, 5) is 31.4. The van der Waals surface area contributed by atoms with Crippen LogP contribution in [0.15, 0.2) is 29.1 Å². The first-order valence-corrected chi connectivity index (χ1v) is 13.2. The summed E-state index contributed by atoms with van der Waals surface area (Å²) in [6.45, 7) is 10.5. The van der Waals surface area contributed by atoms with Gasteiger partial charge in [-0.05, 0) is 56.7 Å². The van der Waals surface area contributed by atoms with Gasteiger partial charge in [-0.1, -0.05) is 37.8 Å². The van der Waals surface area contributed by atoms with Crippen LogP contribution in [0.1, 0.15) is 65.0 Å². The topological polar surface area (TPSA) is 54.8 Å². The summed E-state index contributed by atoms with van der Waals surface area (Å²) >= 11 is 0. The fraction of sp³-hybridized carbons (Fsp3) is 0.586. The lowest BCUT2D eigenvalue weighted by atomic mass is 9.96. The molecule has 2 aliphatic rings. The van der Waals surface area contributed by atoms with Gasteiger partial charge in [-0.25, -0.2) is 0 Å². The number of aromatic nitrogens is 1. The Morgan fingerprint density at radius 2 is 1.74 bits per heavy atom. The molecule has 6 nitrogen and oxygen atoms in total. The number of hydrogen-bond donors (Lipinski definition) is 0. The zero-order chi connectivity index (χ0) is 24.9. The molecule has 0 unspecified atom stereocenters. The number of piperazine rings is 1. The van der Waals surface area contributed by atoms with Gasteiger partial charge in [0.15, 0.2) is 5.43 Å². The summed E-state index contributed by atoms with van der Waals surface area (Å²) in [5.74, 6) is 0.460. The highest BCUT2D eigenvalue weighted by atomic mass is 16.5. The number of pyridine rings is 1. The normalized spacial score (nSPS) is 16.8. The second-order valence-electron chi connectivity index (χ2n) is 10.4. The van der Waals surface area contributed by atoms with Crippen molar-refractivity contribution >= 4 is 11.6 Å². The number of rotatable bonds is 8. The average Bonchev–Trinajstić information content (AvgIpc) is 3.35. The van der Waals surface area contributed by atoms with Crippen LogP contribution in [0.4, 0.5) is 5.69 Å². The van der Waals surface area contributed by atoms with E-state index in [0.29, 0.717) is 31.2 Å². The van der Waals surface area contributed by atoms with E-state index in [2.05, 4.69) is 41.5 Å². The third-order valence-electron chi connectivity index (χ3n) is 7.80. The van der Waals surface area contributed by atoms with Gasteiger partial charge in [0, 0.05) is 69.6 Å². The summed E-state index contributed by atoms with van der Waals surface area (Å²) in [7, 11) is 1.71. The molecule has 2 heterocycles. The SMILES string of the molecule is COCCCn1c(C)cc(=O)c(C(=O)N2CCN(c3cc(C)ccc3C)CC2)c1CC1CCCC1. The van der Waals surface area contributed by atoms with Gasteiger partial charge >= 0.3 is 0 Å². The fourth-order valence-electron chi connectivity index (χ4n) is 5.81. The predicted octanol–water partition coefficient (Wildman–Crippen LogP) is 4.51. The molecule has 1 aromatic carbocycles. The number of benzene rings is 1. The van der Waals surface area contributed by atoms with E-state index in [-0.39, 0.29) is 11.3 Å². The Morgan fingerprint density at radius 1 is 1.03 bits per heavy atom. The first-order valence-electron chi connectivity index (χ1n) is 13.2. The number of carbonyl (C=O) groups excluding carboxylic acids is 1. The number of methoxy groups -OCH3 is 1. The number of amides is 1. The van der Waals surface area contributed by atoms with E-state index in [9.17, 15) is 9.59 Å². The zero-order valence-electron chi connectivity index (χ0n) is 21.9. The number of aryl methyl sites for hydroxylation is 3. The standard InChI is InChI=1S/C29H41N3O3/c1-21-10-11-22(2)25(18-21)30-13-15-31(16-14-30)29(34)28-26(20-24-8-5-6-9-24)32(12-7-17-35-4)23(3)19-27(28)33/h10-11,18-19,24H,5-9,12-17,20H2,1-4H3. The third-order valence-corrected chi connectivity index (χ3v) is 7.80. The Morgan fingerprint density at radius 3 is 2.43 bits per heavy atom. The van der Waals surface area contributed by atoms with Crippen molar-refractivity contribution in [3.63, 3.8) is 0 Å². The minimum Gasteiger partial charge on any atom is -0.385 e. The van der Waals surface area contributed by atoms with E-state index in [1.807, 2.05) is 11.8 Å². The van der Waals surface area contributed by atoms with Crippen LogP contribution in [0.5, 0.6) is 0 Å².